The fourth-order valence-corrected chi connectivity index (χ4v) is 5.26. The van der Waals surface area contributed by atoms with Crippen LogP contribution in [0.5, 0.6) is 11.5 Å². The summed E-state index contributed by atoms with van der Waals surface area (Å²) in [6.07, 6.45) is 3.17. The number of carbonyl (C=O) groups is 2. The van der Waals surface area contributed by atoms with E-state index in [0.29, 0.717) is 11.2 Å². The molecule has 6 nitrogen and oxygen atoms in total. The van der Waals surface area contributed by atoms with E-state index in [1.807, 2.05) is 72.8 Å². The van der Waals surface area contributed by atoms with Crippen LogP contribution in [0.4, 0.5) is 0 Å². The molecule has 0 fully saturated rings. The molecule has 5 aromatic carbocycles. The first-order valence-corrected chi connectivity index (χ1v) is 12.9. The van der Waals surface area contributed by atoms with Crippen molar-refractivity contribution in [3.05, 3.63) is 121 Å². The van der Waals surface area contributed by atoms with Crippen LogP contribution in [-0.2, 0) is 22.4 Å². The summed E-state index contributed by atoms with van der Waals surface area (Å²) >= 11 is 0. The average molecular weight is 527 g/mol. The molecule has 0 saturated carbocycles. The lowest BCUT2D eigenvalue weighted by Crippen LogP contribution is -2.15. The monoisotopic (exact) mass is 526 g/mol. The number of furan rings is 2. The molecule has 0 bridgehead atoms. The van der Waals surface area contributed by atoms with E-state index in [1.54, 1.807) is 36.8 Å². The van der Waals surface area contributed by atoms with E-state index in [4.69, 9.17) is 18.3 Å². The van der Waals surface area contributed by atoms with Crippen LogP contribution in [0, 0.1) is 0 Å². The first-order chi connectivity index (χ1) is 19.6. The quantitative estimate of drug-likeness (QED) is 0.163. The van der Waals surface area contributed by atoms with E-state index >= 15 is 0 Å². The van der Waals surface area contributed by atoms with Gasteiger partial charge in [-0.2, -0.15) is 0 Å². The third-order valence-corrected chi connectivity index (χ3v) is 7.05. The number of hydrogen-bond donors (Lipinski definition) is 0. The van der Waals surface area contributed by atoms with E-state index in [0.717, 1.165) is 43.4 Å². The van der Waals surface area contributed by atoms with Crippen LogP contribution in [-0.4, -0.2) is 11.9 Å². The molecule has 0 spiro atoms. The Labute approximate surface area is 228 Å². The molecule has 0 aliphatic carbocycles. The van der Waals surface area contributed by atoms with Gasteiger partial charge in [0.15, 0.2) is 11.5 Å². The van der Waals surface area contributed by atoms with Crippen molar-refractivity contribution in [1.29, 1.82) is 0 Å². The minimum Gasteiger partial charge on any atom is -0.464 e. The molecule has 2 heterocycles. The fourth-order valence-electron chi connectivity index (χ4n) is 5.26. The van der Waals surface area contributed by atoms with Crippen LogP contribution in [0.15, 0.2) is 118 Å². The fraction of sp³-hybridized carbons (Fsp3) is 0.0588. The van der Waals surface area contributed by atoms with Crippen LogP contribution in [0.2, 0.25) is 0 Å². The summed E-state index contributed by atoms with van der Waals surface area (Å²) in [7, 11) is 0. The van der Waals surface area contributed by atoms with Gasteiger partial charge in [0.05, 0.1) is 25.4 Å². The summed E-state index contributed by atoms with van der Waals surface area (Å²) in [5, 5.41) is 5.89. The van der Waals surface area contributed by atoms with Crippen molar-refractivity contribution in [3.63, 3.8) is 0 Å². The Morgan fingerprint density at radius 3 is 1.43 bits per heavy atom. The highest BCUT2D eigenvalue weighted by molar-refractivity contribution is 6.09. The third-order valence-electron chi connectivity index (χ3n) is 7.05. The van der Waals surface area contributed by atoms with Crippen LogP contribution in [0.25, 0.3) is 43.5 Å². The molecule has 0 unspecified atom stereocenters. The SMILES string of the molecule is O=C(Cc1coc2ccc3ccccc3c12)Oc1ccccc1OC(=O)Cc1coc2ccc3ccccc3c12. The highest BCUT2D eigenvalue weighted by Crippen LogP contribution is 2.33. The lowest BCUT2D eigenvalue weighted by Gasteiger charge is -2.10. The molecule has 7 rings (SSSR count). The molecular formula is C34H22O6. The molecule has 0 atom stereocenters. The topological polar surface area (TPSA) is 78.9 Å². The van der Waals surface area contributed by atoms with E-state index in [9.17, 15) is 9.59 Å². The Hall–Kier alpha value is -5.36. The van der Waals surface area contributed by atoms with Gasteiger partial charge in [-0.1, -0.05) is 72.8 Å². The number of para-hydroxylation sites is 2. The largest absolute Gasteiger partial charge is 0.464 e. The number of rotatable bonds is 6. The van der Waals surface area contributed by atoms with Crippen molar-refractivity contribution >= 4 is 55.4 Å². The number of benzene rings is 5. The molecule has 0 aliphatic rings. The Morgan fingerprint density at radius 2 is 0.950 bits per heavy atom. The molecule has 0 saturated heterocycles. The standard InChI is InChI=1S/C34H22O6/c35-31(17-23-19-37-29-15-13-21-7-1-3-9-25(21)33(23)29)39-27-11-5-6-12-28(27)40-32(36)18-24-20-38-30-16-14-22-8-2-4-10-26(22)34(24)30/h1-16,19-20H,17-18H2. The zero-order chi connectivity index (χ0) is 27.1. The Kier molecular flexibility index (Phi) is 5.78. The summed E-state index contributed by atoms with van der Waals surface area (Å²) in [5.74, 6) is -0.653. The summed E-state index contributed by atoms with van der Waals surface area (Å²) in [6, 6.07) is 30.3. The van der Waals surface area contributed by atoms with Gasteiger partial charge in [0.25, 0.3) is 0 Å². The van der Waals surface area contributed by atoms with Gasteiger partial charge >= 0.3 is 11.9 Å². The first-order valence-electron chi connectivity index (χ1n) is 12.9. The second kappa shape index (κ2) is 9.75. The Morgan fingerprint density at radius 1 is 0.525 bits per heavy atom. The lowest BCUT2D eigenvalue weighted by atomic mass is 10.0. The van der Waals surface area contributed by atoms with E-state index < -0.39 is 11.9 Å². The lowest BCUT2D eigenvalue weighted by molar-refractivity contribution is -0.136. The first kappa shape index (κ1) is 23.7. The van der Waals surface area contributed by atoms with Gasteiger partial charge in [-0.15, -0.1) is 0 Å². The van der Waals surface area contributed by atoms with Crippen molar-refractivity contribution in [2.24, 2.45) is 0 Å². The molecule has 6 heteroatoms. The van der Waals surface area contributed by atoms with Gasteiger partial charge in [-0.3, -0.25) is 9.59 Å². The molecule has 0 amide bonds. The van der Waals surface area contributed by atoms with Gasteiger partial charge in [0, 0.05) is 21.9 Å². The highest BCUT2D eigenvalue weighted by Gasteiger charge is 2.19. The number of hydrogen-bond acceptors (Lipinski definition) is 6. The predicted molar refractivity (Wildman–Crippen MR) is 153 cm³/mol. The van der Waals surface area contributed by atoms with Crippen LogP contribution in [0.1, 0.15) is 11.1 Å². The maximum absolute atomic E-state index is 13.0. The maximum Gasteiger partial charge on any atom is 0.315 e. The zero-order valence-corrected chi connectivity index (χ0v) is 21.3. The number of ether oxygens (including phenoxy) is 2. The van der Waals surface area contributed by atoms with Gasteiger partial charge in [0.2, 0.25) is 0 Å². The van der Waals surface area contributed by atoms with Gasteiger partial charge in [-0.05, 0) is 45.8 Å². The van der Waals surface area contributed by atoms with E-state index in [1.165, 1.54) is 0 Å². The normalized spacial score (nSPS) is 11.4. The molecule has 40 heavy (non-hydrogen) atoms. The van der Waals surface area contributed by atoms with E-state index in [2.05, 4.69) is 0 Å². The highest BCUT2D eigenvalue weighted by atomic mass is 16.6. The summed E-state index contributed by atoms with van der Waals surface area (Å²) < 4.78 is 22.7. The number of esters is 2. The second-order valence-electron chi connectivity index (χ2n) is 9.59. The van der Waals surface area contributed by atoms with Crippen molar-refractivity contribution < 1.29 is 27.9 Å². The molecule has 7 aromatic rings. The second-order valence-corrected chi connectivity index (χ2v) is 9.59. The smallest absolute Gasteiger partial charge is 0.315 e. The Bertz CT molecular complexity index is 1910. The molecule has 0 radical (unpaired) electrons. The van der Waals surface area contributed by atoms with Gasteiger partial charge < -0.3 is 18.3 Å². The van der Waals surface area contributed by atoms with Gasteiger partial charge in [-0.25, -0.2) is 0 Å². The molecule has 0 aliphatic heterocycles. The van der Waals surface area contributed by atoms with Crippen molar-refractivity contribution in [1.82, 2.24) is 0 Å². The van der Waals surface area contributed by atoms with E-state index in [-0.39, 0.29) is 24.3 Å². The summed E-state index contributed by atoms with van der Waals surface area (Å²) in [6.45, 7) is 0. The molecule has 0 N–H and O–H groups in total. The summed E-state index contributed by atoms with van der Waals surface area (Å²) in [4.78, 5) is 26.0. The van der Waals surface area contributed by atoms with Crippen LogP contribution < -0.4 is 9.47 Å². The van der Waals surface area contributed by atoms with Gasteiger partial charge in [0.1, 0.15) is 11.2 Å². The summed E-state index contributed by atoms with van der Waals surface area (Å²) in [5.41, 5.74) is 2.86. The number of fused-ring (bicyclic) bond motifs is 6. The predicted octanol–water partition coefficient (Wildman–Crippen LogP) is 7.78. The molecular weight excluding hydrogens is 504 g/mol. The minimum absolute atomic E-state index is 0.00261. The Balaban J connectivity index is 1.10. The third kappa shape index (κ3) is 4.25. The average Bonchev–Trinajstić information content (AvgIpc) is 3.58. The van der Waals surface area contributed by atoms with Crippen molar-refractivity contribution in [2.75, 3.05) is 0 Å². The maximum atomic E-state index is 13.0. The zero-order valence-electron chi connectivity index (χ0n) is 21.3. The van der Waals surface area contributed by atoms with Crippen molar-refractivity contribution in [3.8, 4) is 11.5 Å². The number of carbonyl (C=O) groups excluding carboxylic acids is 2. The molecule has 194 valence electrons. The molecule has 2 aromatic heterocycles. The van der Waals surface area contributed by atoms with Crippen LogP contribution >= 0.6 is 0 Å². The van der Waals surface area contributed by atoms with Crippen LogP contribution in [0.3, 0.4) is 0 Å². The van der Waals surface area contributed by atoms with Crippen molar-refractivity contribution in [2.45, 2.75) is 12.8 Å². The minimum atomic E-state index is -0.494.